The molecule has 2 aromatic carbocycles. The fourth-order valence-electron chi connectivity index (χ4n) is 2.95. The van der Waals surface area contributed by atoms with Crippen molar-refractivity contribution in [1.29, 1.82) is 0 Å². The normalized spacial score (nSPS) is 12.0. The molecule has 0 aliphatic carbocycles. The Labute approximate surface area is 167 Å². The first-order chi connectivity index (χ1) is 14.0. The van der Waals surface area contributed by atoms with Crippen molar-refractivity contribution in [2.75, 3.05) is 20.3 Å². The Morgan fingerprint density at radius 2 is 2.07 bits per heavy atom. The molecule has 0 aliphatic rings. The Hall–Kier alpha value is -3.29. The van der Waals surface area contributed by atoms with E-state index in [0.717, 1.165) is 0 Å². The molecule has 7 nitrogen and oxygen atoms in total. The SMILES string of the molecule is C=CCc1c(OCC(O)CO)cc2oc(-c3cccc(OC)c3)cc(=O)c2c1O. The zero-order valence-corrected chi connectivity index (χ0v) is 15.9. The minimum atomic E-state index is -1.08. The number of allylic oxidation sites excluding steroid dienone is 1. The third-order valence-corrected chi connectivity index (χ3v) is 4.40. The molecule has 1 heterocycles. The third kappa shape index (κ3) is 4.26. The van der Waals surface area contributed by atoms with Crippen molar-refractivity contribution in [2.24, 2.45) is 0 Å². The molecule has 7 heteroatoms. The van der Waals surface area contributed by atoms with Crippen LogP contribution in [0.1, 0.15) is 5.56 Å². The lowest BCUT2D eigenvalue weighted by atomic mass is 10.0. The highest BCUT2D eigenvalue weighted by Crippen LogP contribution is 2.37. The largest absolute Gasteiger partial charge is 0.507 e. The van der Waals surface area contributed by atoms with E-state index < -0.39 is 18.1 Å². The van der Waals surface area contributed by atoms with Crippen LogP contribution in [0.2, 0.25) is 0 Å². The monoisotopic (exact) mass is 398 g/mol. The van der Waals surface area contributed by atoms with Crippen LogP contribution in [0.4, 0.5) is 0 Å². The minimum Gasteiger partial charge on any atom is -0.507 e. The number of phenolic OH excluding ortho intramolecular Hbond substituents is 1. The summed E-state index contributed by atoms with van der Waals surface area (Å²) in [6.07, 6.45) is 0.714. The molecule has 1 unspecified atom stereocenters. The summed E-state index contributed by atoms with van der Waals surface area (Å²) in [6.45, 7) is 3.00. The van der Waals surface area contributed by atoms with E-state index >= 15 is 0 Å². The summed E-state index contributed by atoms with van der Waals surface area (Å²) in [4.78, 5) is 12.7. The van der Waals surface area contributed by atoms with Crippen molar-refractivity contribution >= 4 is 11.0 Å². The first-order valence-corrected chi connectivity index (χ1v) is 8.98. The molecule has 0 saturated carbocycles. The number of aliphatic hydroxyl groups is 2. The van der Waals surface area contributed by atoms with Gasteiger partial charge in [0.15, 0.2) is 5.43 Å². The Kier molecular flexibility index (Phi) is 6.21. The summed E-state index contributed by atoms with van der Waals surface area (Å²) < 4.78 is 16.6. The number of rotatable bonds is 8. The molecule has 152 valence electrons. The van der Waals surface area contributed by atoms with Crippen LogP contribution in [0.15, 0.2) is 58.3 Å². The minimum absolute atomic E-state index is 0.0311. The van der Waals surface area contributed by atoms with Crippen LogP contribution in [0, 0.1) is 0 Å². The molecule has 3 rings (SSSR count). The average molecular weight is 398 g/mol. The van der Waals surface area contributed by atoms with E-state index in [0.29, 0.717) is 22.6 Å². The predicted octanol–water partition coefficient (Wildman–Crippen LogP) is 2.63. The molecule has 0 bridgehead atoms. The van der Waals surface area contributed by atoms with E-state index in [9.17, 15) is 15.0 Å². The maximum Gasteiger partial charge on any atom is 0.197 e. The van der Waals surface area contributed by atoms with Gasteiger partial charge in [-0.25, -0.2) is 0 Å². The van der Waals surface area contributed by atoms with Crippen molar-refractivity contribution in [3.63, 3.8) is 0 Å². The van der Waals surface area contributed by atoms with Gasteiger partial charge in [-0.2, -0.15) is 0 Å². The number of fused-ring (bicyclic) bond motifs is 1. The number of ether oxygens (including phenoxy) is 2. The van der Waals surface area contributed by atoms with Gasteiger partial charge in [0.2, 0.25) is 0 Å². The molecule has 0 radical (unpaired) electrons. The number of aromatic hydroxyl groups is 1. The number of phenols is 1. The maximum atomic E-state index is 12.7. The summed E-state index contributed by atoms with van der Waals surface area (Å²) in [5, 5.41) is 29.3. The zero-order chi connectivity index (χ0) is 21.0. The highest BCUT2D eigenvalue weighted by Gasteiger charge is 2.19. The number of hydrogen-bond acceptors (Lipinski definition) is 7. The Morgan fingerprint density at radius 3 is 2.76 bits per heavy atom. The van der Waals surface area contributed by atoms with E-state index in [2.05, 4.69) is 6.58 Å². The molecule has 0 amide bonds. The van der Waals surface area contributed by atoms with Gasteiger partial charge in [-0.3, -0.25) is 4.79 Å². The van der Waals surface area contributed by atoms with E-state index in [1.807, 2.05) is 0 Å². The highest BCUT2D eigenvalue weighted by molar-refractivity contribution is 5.88. The van der Waals surface area contributed by atoms with Crippen molar-refractivity contribution in [2.45, 2.75) is 12.5 Å². The van der Waals surface area contributed by atoms with Gasteiger partial charge < -0.3 is 29.2 Å². The predicted molar refractivity (Wildman–Crippen MR) is 109 cm³/mol. The summed E-state index contributed by atoms with van der Waals surface area (Å²) >= 11 is 0. The Bertz CT molecular complexity index is 1080. The molecule has 29 heavy (non-hydrogen) atoms. The fourth-order valence-corrected chi connectivity index (χ4v) is 2.95. The standard InChI is InChI=1S/C22H22O7/c1-3-5-16-19(28-12-14(24)11-23)10-20-21(22(16)26)17(25)9-18(29-20)13-6-4-7-15(8-13)27-2/h3-4,6-10,14,23-24,26H,1,5,11-12H2,2H3. The van der Waals surface area contributed by atoms with Gasteiger partial charge in [-0.1, -0.05) is 18.2 Å². The van der Waals surface area contributed by atoms with Crippen LogP contribution in [-0.4, -0.2) is 41.7 Å². The molecule has 1 atom stereocenters. The van der Waals surface area contributed by atoms with E-state index in [1.165, 1.54) is 12.1 Å². The Balaban J connectivity index is 2.17. The van der Waals surface area contributed by atoms with E-state index in [-0.39, 0.29) is 35.5 Å². The van der Waals surface area contributed by atoms with Crippen molar-refractivity contribution in [1.82, 2.24) is 0 Å². The van der Waals surface area contributed by atoms with Crippen LogP contribution < -0.4 is 14.9 Å². The first-order valence-electron chi connectivity index (χ1n) is 8.98. The topological polar surface area (TPSA) is 109 Å². The van der Waals surface area contributed by atoms with E-state index in [4.69, 9.17) is 19.0 Å². The van der Waals surface area contributed by atoms with Crippen LogP contribution in [0.3, 0.4) is 0 Å². The van der Waals surface area contributed by atoms with Gasteiger partial charge in [0.1, 0.15) is 46.7 Å². The maximum absolute atomic E-state index is 12.7. The highest BCUT2D eigenvalue weighted by atomic mass is 16.5. The summed E-state index contributed by atoms with van der Waals surface area (Å²) in [7, 11) is 1.54. The third-order valence-electron chi connectivity index (χ3n) is 4.40. The number of benzene rings is 2. The van der Waals surface area contributed by atoms with Gasteiger partial charge in [-0.15, -0.1) is 6.58 Å². The second-order valence-electron chi connectivity index (χ2n) is 6.42. The molecule has 3 aromatic rings. The summed E-state index contributed by atoms with van der Waals surface area (Å²) in [6, 6.07) is 9.84. The smallest absolute Gasteiger partial charge is 0.197 e. The van der Waals surface area contributed by atoms with Gasteiger partial charge >= 0.3 is 0 Å². The summed E-state index contributed by atoms with van der Waals surface area (Å²) in [5.74, 6) is 0.880. The number of methoxy groups -OCH3 is 1. The van der Waals surface area contributed by atoms with Crippen LogP contribution >= 0.6 is 0 Å². The average Bonchev–Trinajstić information content (AvgIpc) is 2.73. The summed E-state index contributed by atoms with van der Waals surface area (Å²) in [5.41, 5.74) is 0.707. The number of hydrogen-bond donors (Lipinski definition) is 3. The lowest BCUT2D eigenvalue weighted by Crippen LogP contribution is -2.21. The molecule has 0 fully saturated rings. The van der Waals surface area contributed by atoms with Gasteiger partial charge in [-0.05, 0) is 18.6 Å². The molecule has 0 aliphatic heterocycles. The van der Waals surface area contributed by atoms with Crippen molar-refractivity contribution in [3.05, 3.63) is 64.8 Å². The Morgan fingerprint density at radius 1 is 1.28 bits per heavy atom. The van der Waals surface area contributed by atoms with Gasteiger partial charge in [0, 0.05) is 23.3 Å². The van der Waals surface area contributed by atoms with Crippen LogP contribution in [-0.2, 0) is 6.42 Å². The first kappa shape index (κ1) is 20.4. The van der Waals surface area contributed by atoms with Crippen LogP contribution in [0.25, 0.3) is 22.3 Å². The molecule has 0 saturated heterocycles. The molecular weight excluding hydrogens is 376 g/mol. The molecule has 1 aromatic heterocycles. The molecular formula is C22H22O7. The zero-order valence-electron chi connectivity index (χ0n) is 15.9. The van der Waals surface area contributed by atoms with Gasteiger partial charge in [0.05, 0.1) is 13.7 Å². The molecule has 0 spiro atoms. The van der Waals surface area contributed by atoms with Crippen molar-refractivity contribution < 1.29 is 29.2 Å². The fraction of sp³-hybridized carbons (Fsp3) is 0.227. The van der Waals surface area contributed by atoms with Crippen molar-refractivity contribution in [3.8, 4) is 28.6 Å². The second-order valence-corrected chi connectivity index (χ2v) is 6.42. The van der Waals surface area contributed by atoms with Gasteiger partial charge in [0.25, 0.3) is 0 Å². The van der Waals surface area contributed by atoms with Crippen LogP contribution in [0.5, 0.6) is 17.2 Å². The quantitative estimate of drug-likeness (QED) is 0.501. The second kappa shape index (κ2) is 8.81. The lowest BCUT2D eigenvalue weighted by molar-refractivity contribution is 0.0533. The number of aliphatic hydroxyl groups excluding tert-OH is 2. The molecule has 3 N–H and O–H groups in total. The lowest BCUT2D eigenvalue weighted by Gasteiger charge is -2.16. The van der Waals surface area contributed by atoms with E-state index in [1.54, 1.807) is 37.5 Å².